The van der Waals surface area contributed by atoms with E-state index in [0.29, 0.717) is 15.0 Å². The second-order valence-electron chi connectivity index (χ2n) is 3.06. The Bertz CT molecular complexity index is 281. The van der Waals surface area contributed by atoms with Crippen LogP contribution in [0.1, 0.15) is 12.5 Å². The van der Waals surface area contributed by atoms with Crippen LogP contribution in [0.5, 0.6) is 0 Å². The summed E-state index contributed by atoms with van der Waals surface area (Å²) in [6.45, 7) is 1.90. The van der Waals surface area contributed by atoms with E-state index in [2.05, 4.69) is 6.07 Å². The maximum atomic E-state index is 9.86. The van der Waals surface area contributed by atoms with Crippen LogP contribution in [0.4, 0.5) is 0 Å². The summed E-state index contributed by atoms with van der Waals surface area (Å²) in [5.41, 5.74) is 0.594. The Kier molecular flexibility index (Phi) is 1.57. The molecule has 1 aliphatic heterocycles. The van der Waals surface area contributed by atoms with Crippen LogP contribution < -0.4 is 4.46 Å². The van der Waals surface area contributed by atoms with E-state index in [1.807, 2.05) is 25.1 Å². The van der Waals surface area contributed by atoms with Crippen LogP contribution in [0.25, 0.3) is 0 Å². The predicted molar refractivity (Wildman–Crippen MR) is 46.2 cm³/mol. The number of benzene rings is 1. The first-order chi connectivity index (χ1) is 5.20. The summed E-state index contributed by atoms with van der Waals surface area (Å²) in [6, 6.07) is 8.19. The van der Waals surface area contributed by atoms with Crippen molar-refractivity contribution in [3.63, 3.8) is 0 Å². The summed E-state index contributed by atoms with van der Waals surface area (Å²) in [6.07, 6.45) is 0. The van der Waals surface area contributed by atoms with Crippen LogP contribution >= 0.6 is 0 Å². The van der Waals surface area contributed by atoms with E-state index < -0.39 is 5.60 Å². The van der Waals surface area contributed by atoms with Gasteiger partial charge < -0.3 is 0 Å². The molecule has 0 bridgehead atoms. The normalized spacial score (nSPS) is 28.5. The fourth-order valence-corrected chi connectivity index (χ4v) is 3.87. The Morgan fingerprint density at radius 2 is 2.18 bits per heavy atom. The van der Waals surface area contributed by atoms with E-state index in [-0.39, 0.29) is 0 Å². The molecule has 0 fully saturated rings. The Labute approximate surface area is 72.6 Å². The van der Waals surface area contributed by atoms with Crippen molar-refractivity contribution < 1.29 is 5.11 Å². The Balaban J connectivity index is 2.56. The van der Waals surface area contributed by atoms with Crippen LogP contribution in [0.2, 0.25) is 5.32 Å². The fourth-order valence-electron chi connectivity index (χ4n) is 1.33. The summed E-state index contributed by atoms with van der Waals surface area (Å²) >= 11 is 0.486. The summed E-state index contributed by atoms with van der Waals surface area (Å²) in [5.74, 6) is 0. The minimum atomic E-state index is -0.545. The van der Waals surface area contributed by atoms with Gasteiger partial charge in [-0.15, -0.1) is 0 Å². The molecule has 1 unspecified atom stereocenters. The third-order valence-electron chi connectivity index (χ3n) is 1.98. The van der Waals surface area contributed by atoms with Gasteiger partial charge in [-0.2, -0.15) is 0 Å². The zero-order chi connectivity index (χ0) is 7.90. The van der Waals surface area contributed by atoms with Crippen molar-refractivity contribution in [1.82, 2.24) is 0 Å². The SMILES string of the molecule is CC1(O)C[Se]c2ccccc21. The van der Waals surface area contributed by atoms with Crippen molar-refractivity contribution in [1.29, 1.82) is 0 Å². The minimum absolute atomic E-state index is 0.486. The topological polar surface area (TPSA) is 20.2 Å². The predicted octanol–water partition coefficient (Wildman–Crippen LogP) is 0.655. The van der Waals surface area contributed by atoms with E-state index in [4.69, 9.17) is 0 Å². The second-order valence-corrected chi connectivity index (χ2v) is 5.19. The van der Waals surface area contributed by atoms with Crippen molar-refractivity contribution >= 4 is 19.4 Å². The van der Waals surface area contributed by atoms with Crippen LogP contribution in [0.3, 0.4) is 0 Å². The first kappa shape index (κ1) is 7.35. The van der Waals surface area contributed by atoms with Gasteiger partial charge in [-0.1, -0.05) is 0 Å². The van der Waals surface area contributed by atoms with Crippen molar-refractivity contribution in [2.45, 2.75) is 17.8 Å². The molecule has 0 radical (unpaired) electrons. The van der Waals surface area contributed by atoms with Crippen LogP contribution in [0, 0.1) is 0 Å². The number of aliphatic hydroxyl groups is 1. The molecule has 0 saturated carbocycles. The molecule has 0 amide bonds. The average molecular weight is 213 g/mol. The van der Waals surface area contributed by atoms with E-state index in [0.717, 1.165) is 10.9 Å². The third-order valence-corrected chi connectivity index (χ3v) is 4.86. The molecule has 2 heteroatoms. The Hall–Kier alpha value is -0.301. The van der Waals surface area contributed by atoms with Gasteiger partial charge in [-0.3, -0.25) is 0 Å². The number of hydrogen-bond acceptors (Lipinski definition) is 1. The first-order valence-corrected chi connectivity index (χ1v) is 5.72. The van der Waals surface area contributed by atoms with Crippen LogP contribution in [0.15, 0.2) is 24.3 Å². The maximum absolute atomic E-state index is 9.86. The molecule has 1 nitrogen and oxygen atoms in total. The van der Waals surface area contributed by atoms with E-state index in [1.54, 1.807) is 0 Å². The van der Waals surface area contributed by atoms with Gasteiger partial charge in [-0.25, -0.2) is 0 Å². The van der Waals surface area contributed by atoms with Crippen molar-refractivity contribution in [3.8, 4) is 0 Å². The molecule has 0 spiro atoms. The van der Waals surface area contributed by atoms with Crippen LogP contribution in [-0.4, -0.2) is 20.1 Å². The quantitative estimate of drug-likeness (QED) is 0.627. The van der Waals surface area contributed by atoms with Crippen LogP contribution in [-0.2, 0) is 5.60 Å². The van der Waals surface area contributed by atoms with E-state index in [1.165, 1.54) is 4.46 Å². The summed E-state index contributed by atoms with van der Waals surface area (Å²) in [5, 5.41) is 10.8. The van der Waals surface area contributed by atoms with Crippen molar-refractivity contribution in [3.05, 3.63) is 29.8 Å². The molecule has 1 aromatic rings. The van der Waals surface area contributed by atoms with Gasteiger partial charge in [0.25, 0.3) is 0 Å². The van der Waals surface area contributed by atoms with Gasteiger partial charge in [0.2, 0.25) is 0 Å². The van der Waals surface area contributed by atoms with Gasteiger partial charge in [0.1, 0.15) is 0 Å². The van der Waals surface area contributed by atoms with Gasteiger partial charge in [0, 0.05) is 0 Å². The standard InChI is InChI=1S/C9H10OSe/c1-9(10)6-11-8-5-3-2-4-7(8)9/h2-5,10H,6H2,1H3. The molecule has 0 aliphatic carbocycles. The Morgan fingerprint density at radius 3 is 2.91 bits per heavy atom. The second kappa shape index (κ2) is 2.34. The van der Waals surface area contributed by atoms with Crippen molar-refractivity contribution in [2.24, 2.45) is 0 Å². The fraction of sp³-hybridized carbons (Fsp3) is 0.333. The first-order valence-electron chi connectivity index (χ1n) is 3.65. The van der Waals surface area contributed by atoms with Gasteiger partial charge in [0.15, 0.2) is 0 Å². The monoisotopic (exact) mass is 214 g/mol. The Morgan fingerprint density at radius 1 is 1.45 bits per heavy atom. The molecule has 58 valence electrons. The van der Waals surface area contributed by atoms with E-state index in [9.17, 15) is 5.11 Å². The molecule has 0 aromatic heterocycles. The molecular formula is C9H10OSe. The average Bonchev–Trinajstić information content (AvgIpc) is 2.29. The van der Waals surface area contributed by atoms with Gasteiger partial charge >= 0.3 is 72.2 Å². The summed E-state index contributed by atoms with van der Waals surface area (Å²) in [4.78, 5) is 0. The molecule has 11 heavy (non-hydrogen) atoms. The van der Waals surface area contributed by atoms with Gasteiger partial charge in [-0.05, 0) is 0 Å². The summed E-state index contributed by atoms with van der Waals surface area (Å²) in [7, 11) is 0. The van der Waals surface area contributed by atoms with E-state index >= 15 is 0 Å². The molecule has 1 aromatic carbocycles. The van der Waals surface area contributed by atoms with Gasteiger partial charge in [0.05, 0.1) is 0 Å². The number of rotatable bonds is 0. The molecule has 1 aliphatic rings. The molecule has 1 N–H and O–H groups in total. The summed E-state index contributed by atoms with van der Waals surface area (Å²) < 4.78 is 1.37. The number of hydrogen-bond donors (Lipinski definition) is 1. The zero-order valence-electron chi connectivity index (χ0n) is 6.37. The van der Waals surface area contributed by atoms with Crippen molar-refractivity contribution in [2.75, 3.05) is 0 Å². The zero-order valence-corrected chi connectivity index (χ0v) is 8.09. The molecule has 1 heterocycles. The molecule has 0 saturated heterocycles. The molecule has 1 atom stereocenters. The third kappa shape index (κ3) is 1.12. The number of fused-ring (bicyclic) bond motifs is 1. The molecular weight excluding hydrogens is 203 g/mol. The molecule has 2 rings (SSSR count).